The van der Waals surface area contributed by atoms with Crippen LogP contribution in [0.3, 0.4) is 0 Å². The molecule has 0 aliphatic carbocycles. The topological polar surface area (TPSA) is 115 Å². The van der Waals surface area contributed by atoms with Gasteiger partial charge >= 0.3 is 6.01 Å². The third-order valence-electron chi connectivity index (χ3n) is 10.7. The Morgan fingerprint density at radius 2 is 1.90 bits per heavy atom. The van der Waals surface area contributed by atoms with Gasteiger partial charge in [-0.2, -0.15) is 15.1 Å². The summed E-state index contributed by atoms with van der Waals surface area (Å²) < 4.78 is 53.3. The second kappa shape index (κ2) is 11.3. The summed E-state index contributed by atoms with van der Waals surface area (Å²) in [6.07, 6.45) is 12.2. The minimum atomic E-state index is -0.938. The smallest absolute Gasteiger partial charge is 0.319 e. The fraction of sp³-hybridized carbons (Fsp3) is 0.389. The van der Waals surface area contributed by atoms with E-state index in [-0.39, 0.29) is 58.2 Å². The highest BCUT2D eigenvalue weighted by atomic mass is 19.1. The first-order valence-corrected chi connectivity index (χ1v) is 16.7. The maximum absolute atomic E-state index is 17.3. The molecule has 2 bridgehead atoms. The van der Waals surface area contributed by atoms with E-state index in [0.717, 1.165) is 32.2 Å². The number of aromatic hydroxyl groups is 1. The van der Waals surface area contributed by atoms with Crippen LogP contribution in [0.15, 0.2) is 36.7 Å². The zero-order valence-electron chi connectivity index (χ0n) is 26.5. The van der Waals surface area contributed by atoms with E-state index in [1.165, 1.54) is 24.3 Å². The van der Waals surface area contributed by atoms with E-state index in [4.69, 9.17) is 21.1 Å². The van der Waals surface area contributed by atoms with Gasteiger partial charge in [0.2, 0.25) is 0 Å². The molecule has 49 heavy (non-hydrogen) atoms. The van der Waals surface area contributed by atoms with Crippen LogP contribution in [0.4, 0.5) is 19.0 Å². The lowest BCUT2D eigenvalue weighted by Crippen LogP contribution is -2.51. The third-order valence-corrected chi connectivity index (χ3v) is 10.7. The number of piperazine rings is 1. The number of benzene rings is 2. The first kappa shape index (κ1) is 30.2. The fourth-order valence-electron chi connectivity index (χ4n) is 8.57. The normalized spacial score (nSPS) is 24.9. The molecule has 0 saturated carbocycles. The van der Waals surface area contributed by atoms with Gasteiger partial charge in [0.15, 0.2) is 5.82 Å². The minimum absolute atomic E-state index is 0.0257. The standard InChI is InChI=1S/C36H33F3N8O2/c1-2-25-27(38)7-4-19-10-24(48)11-26(28(19)25)32-30(39)33-29(31(43-32)20-13-40-41-14-20)34(46-16-22-5-6-23(17-46)42-22)45-35(44-33)49-18-36-8-3-9-47(36)15-21(37)12-36/h1,4,7,10-11,13-14,21-23,42,48H,3,5-6,8-9,12,15-18H2,(H,40,41)/t21-,22-,23+,36+/m1/s1. The second-order valence-corrected chi connectivity index (χ2v) is 13.7. The molecule has 9 rings (SSSR count). The number of nitrogens with one attached hydrogen (secondary N) is 2. The van der Waals surface area contributed by atoms with Crippen molar-refractivity contribution in [2.45, 2.75) is 55.9 Å². The highest BCUT2D eigenvalue weighted by Crippen LogP contribution is 2.44. The van der Waals surface area contributed by atoms with Gasteiger partial charge in [-0.15, -0.1) is 6.42 Å². The van der Waals surface area contributed by atoms with Gasteiger partial charge in [-0.1, -0.05) is 12.0 Å². The number of H-pyrrole nitrogens is 1. The van der Waals surface area contributed by atoms with Crippen molar-refractivity contribution in [1.29, 1.82) is 0 Å². The van der Waals surface area contributed by atoms with E-state index in [9.17, 15) is 9.50 Å². The number of rotatable bonds is 6. The number of hydrogen-bond acceptors (Lipinski definition) is 9. The zero-order chi connectivity index (χ0) is 33.4. The molecule has 4 aliphatic rings. The molecule has 3 N–H and O–H groups in total. The number of alkyl halides is 1. The van der Waals surface area contributed by atoms with E-state index in [0.29, 0.717) is 53.9 Å². The maximum atomic E-state index is 17.3. The number of ether oxygens (including phenoxy) is 1. The summed E-state index contributed by atoms with van der Waals surface area (Å²) in [5.74, 6) is 1.23. The summed E-state index contributed by atoms with van der Waals surface area (Å²) in [4.78, 5) is 18.7. The van der Waals surface area contributed by atoms with Gasteiger partial charge in [0.25, 0.3) is 0 Å². The highest BCUT2D eigenvalue weighted by molar-refractivity contribution is 6.06. The Morgan fingerprint density at radius 3 is 2.67 bits per heavy atom. The summed E-state index contributed by atoms with van der Waals surface area (Å²) >= 11 is 0. The number of nitrogens with zero attached hydrogens (tertiary/aromatic N) is 6. The molecule has 250 valence electrons. The van der Waals surface area contributed by atoms with Gasteiger partial charge < -0.3 is 20.1 Å². The molecule has 4 atom stereocenters. The van der Waals surface area contributed by atoms with E-state index in [1.807, 2.05) is 0 Å². The Hall–Kier alpha value is -4.93. The van der Waals surface area contributed by atoms with Crippen molar-refractivity contribution in [3.05, 3.63) is 53.9 Å². The van der Waals surface area contributed by atoms with Crippen molar-refractivity contribution in [1.82, 2.24) is 35.4 Å². The number of hydrogen-bond donors (Lipinski definition) is 3. The first-order valence-electron chi connectivity index (χ1n) is 16.7. The zero-order valence-corrected chi connectivity index (χ0v) is 26.5. The Labute approximate surface area is 279 Å². The summed E-state index contributed by atoms with van der Waals surface area (Å²) in [5.41, 5.74) is 0.222. The van der Waals surface area contributed by atoms with Crippen LogP contribution in [0.1, 0.15) is 37.7 Å². The van der Waals surface area contributed by atoms with Gasteiger partial charge in [-0.3, -0.25) is 10.00 Å². The van der Waals surface area contributed by atoms with Crippen LogP contribution in [-0.2, 0) is 0 Å². The number of aromatic nitrogens is 5. The molecule has 0 amide bonds. The van der Waals surface area contributed by atoms with Gasteiger partial charge in [-0.25, -0.2) is 18.2 Å². The molecule has 13 heteroatoms. The molecule has 3 aromatic heterocycles. The lowest BCUT2D eigenvalue weighted by molar-refractivity contribution is 0.107. The number of phenols is 1. The number of fused-ring (bicyclic) bond motifs is 5. The monoisotopic (exact) mass is 666 g/mol. The van der Waals surface area contributed by atoms with E-state index in [1.54, 1.807) is 12.4 Å². The third kappa shape index (κ3) is 4.88. The van der Waals surface area contributed by atoms with Crippen LogP contribution in [-0.4, -0.2) is 91.7 Å². The van der Waals surface area contributed by atoms with Crippen LogP contribution in [0.5, 0.6) is 11.8 Å². The maximum Gasteiger partial charge on any atom is 0.319 e. The molecule has 4 saturated heterocycles. The average Bonchev–Trinajstić information content (AvgIpc) is 3.89. The second-order valence-electron chi connectivity index (χ2n) is 13.7. The van der Waals surface area contributed by atoms with Crippen LogP contribution < -0.4 is 15.0 Å². The van der Waals surface area contributed by atoms with E-state index >= 15 is 8.78 Å². The Bertz CT molecular complexity index is 2160. The van der Waals surface area contributed by atoms with Gasteiger partial charge in [-0.05, 0) is 55.8 Å². The predicted molar refractivity (Wildman–Crippen MR) is 178 cm³/mol. The van der Waals surface area contributed by atoms with Gasteiger partial charge in [0.05, 0.1) is 28.4 Å². The van der Waals surface area contributed by atoms with Crippen molar-refractivity contribution in [2.75, 3.05) is 37.7 Å². The number of pyridine rings is 1. The van der Waals surface area contributed by atoms with Crippen molar-refractivity contribution in [3.63, 3.8) is 0 Å². The molecule has 4 fully saturated rings. The number of phenolic OH excluding ortho intramolecular Hbond substituents is 1. The lowest BCUT2D eigenvalue weighted by atomic mass is 9.95. The summed E-state index contributed by atoms with van der Waals surface area (Å²) in [6.45, 7) is 2.61. The minimum Gasteiger partial charge on any atom is -0.508 e. The van der Waals surface area contributed by atoms with E-state index in [2.05, 4.69) is 36.2 Å². The number of aromatic amines is 1. The molecule has 0 radical (unpaired) electrons. The largest absolute Gasteiger partial charge is 0.508 e. The number of terminal acetylenes is 1. The molecule has 7 heterocycles. The number of anilines is 1. The lowest BCUT2D eigenvalue weighted by Gasteiger charge is -2.35. The molecule has 10 nitrogen and oxygen atoms in total. The van der Waals surface area contributed by atoms with Crippen LogP contribution in [0.2, 0.25) is 0 Å². The Morgan fingerprint density at radius 1 is 1.06 bits per heavy atom. The van der Waals surface area contributed by atoms with Crippen LogP contribution in [0, 0.1) is 24.0 Å². The number of halogens is 3. The summed E-state index contributed by atoms with van der Waals surface area (Å²) in [6, 6.07) is 5.92. The SMILES string of the molecule is C#Cc1c(F)ccc2cc(O)cc(-c3nc(-c4cn[nH]c4)c4c(N5C[C@H]6CC[C@@H](C5)N6)nc(OC[C@@]56CCCN5C[C@H](F)C6)nc4c3F)c12. The highest BCUT2D eigenvalue weighted by Gasteiger charge is 2.49. The van der Waals surface area contributed by atoms with Crippen molar-refractivity contribution >= 4 is 27.5 Å². The molecular weight excluding hydrogens is 633 g/mol. The molecule has 5 aromatic rings. The molecular formula is C36H33F3N8O2. The van der Waals surface area contributed by atoms with Crippen molar-refractivity contribution < 1.29 is 23.0 Å². The molecule has 4 aliphatic heterocycles. The quantitative estimate of drug-likeness (QED) is 0.213. The van der Waals surface area contributed by atoms with Gasteiger partial charge in [0.1, 0.15) is 41.4 Å². The van der Waals surface area contributed by atoms with Crippen LogP contribution >= 0.6 is 0 Å². The Balaban J connectivity index is 1.29. The van der Waals surface area contributed by atoms with Crippen molar-refractivity contribution in [2.24, 2.45) is 0 Å². The van der Waals surface area contributed by atoms with E-state index < -0.39 is 23.3 Å². The first-order chi connectivity index (χ1) is 23.8. The summed E-state index contributed by atoms with van der Waals surface area (Å²) in [7, 11) is 0. The van der Waals surface area contributed by atoms with Gasteiger partial charge in [0, 0.05) is 60.8 Å². The molecule has 2 aromatic carbocycles. The predicted octanol–water partition coefficient (Wildman–Crippen LogP) is 5.10. The molecule has 0 spiro atoms. The Kier molecular flexibility index (Phi) is 6.96. The van der Waals surface area contributed by atoms with Crippen LogP contribution in [0.25, 0.3) is 44.2 Å². The molecule has 0 unspecified atom stereocenters. The average molecular weight is 667 g/mol. The fourth-order valence-corrected chi connectivity index (χ4v) is 8.57. The summed E-state index contributed by atoms with van der Waals surface area (Å²) in [5, 5.41) is 22.4. The van der Waals surface area contributed by atoms with Crippen molar-refractivity contribution in [3.8, 4) is 46.6 Å².